The van der Waals surface area contributed by atoms with Crippen LogP contribution < -0.4 is 16.0 Å². The van der Waals surface area contributed by atoms with Crippen molar-refractivity contribution in [2.45, 2.75) is 30.8 Å². The van der Waals surface area contributed by atoms with Crippen molar-refractivity contribution in [2.24, 2.45) is 0 Å². The van der Waals surface area contributed by atoms with Crippen molar-refractivity contribution in [3.05, 3.63) is 66.0 Å². The molecule has 32 heavy (non-hydrogen) atoms. The molecule has 11 heteroatoms. The molecule has 4 N–H and O–H groups in total. The van der Waals surface area contributed by atoms with Gasteiger partial charge in [-0.3, -0.25) is 5.10 Å². The molecule has 0 bridgehead atoms. The number of carbonyl (C=O) groups excluding carboxylic acids is 1. The minimum Gasteiger partial charge on any atom is -0.325 e. The summed E-state index contributed by atoms with van der Waals surface area (Å²) in [4.78, 5) is 30.0. The molecular weight excluding hydrogens is 426 g/mol. The van der Waals surface area contributed by atoms with Gasteiger partial charge in [-0.2, -0.15) is 5.10 Å². The molecule has 0 saturated heterocycles. The highest BCUT2D eigenvalue weighted by Gasteiger charge is 2.10. The fraction of sp³-hybridized carbons (Fsp3) is 0.143. The second kappa shape index (κ2) is 9.43. The highest BCUT2D eigenvalue weighted by Crippen LogP contribution is 2.31. The predicted octanol–water partition coefficient (Wildman–Crippen LogP) is 4.45. The van der Waals surface area contributed by atoms with E-state index in [1.165, 1.54) is 30.5 Å². The third-order valence-electron chi connectivity index (χ3n) is 4.25. The maximum absolute atomic E-state index is 12.2. The number of benzene rings is 1. The van der Waals surface area contributed by atoms with Crippen molar-refractivity contribution in [3.8, 4) is 0 Å². The Kier molecular flexibility index (Phi) is 6.26. The summed E-state index contributed by atoms with van der Waals surface area (Å²) in [6.07, 6.45) is 4.45. The summed E-state index contributed by atoms with van der Waals surface area (Å²) in [7, 11) is 0. The topological polar surface area (TPSA) is 133 Å². The second-order valence-electron chi connectivity index (χ2n) is 7.01. The lowest BCUT2D eigenvalue weighted by Gasteiger charge is -2.11. The lowest BCUT2D eigenvalue weighted by molar-refractivity contribution is 0.262. The van der Waals surface area contributed by atoms with Gasteiger partial charge in [-0.1, -0.05) is 0 Å². The number of aryl methyl sites for hydroxylation is 3. The Balaban J connectivity index is 1.44. The van der Waals surface area contributed by atoms with E-state index in [-0.39, 0.29) is 6.03 Å². The second-order valence-corrected chi connectivity index (χ2v) is 8.02. The molecule has 0 spiro atoms. The summed E-state index contributed by atoms with van der Waals surface area (Å²) in [5.74, 6) is 1.45. The van der Waals surface area contributed by atoms with Gasteiger partial charge in [0.25, 0.3) is 0 Å². The van der Waals surface area contributed by atoms with Crippen LogP contribution >= 0.6 is 11.8 Å². The molecule has 0 radical (unpaired) electrons. The number of rotatable bonds is 6. The Bertz CT molecular complexity index is 1240. The maximum atomic E-state index is 12.2. The molecule has 0 aliphatic carbocycles. The number of urea groups is 1. The Morgan fingerprint density at radius 1 is 0.938 bits per heavy atom. The fourth-order valence-corrected chi connectivity index (χ4v) is 3.76. The van der Waals surface area contributed by atoms with Crippen LogP contribution in [-0.4, -0.2) is 36.2 Å². The maximum Gasteiger partial charge on any atom is 0.323 e. The third kappa shape index (κ3) is 5.58. The minimum absolute atomic E-state index is 0.369. The Hall–Kier alpha value is -3.99. The average Bonchev–Trinajstić information content (AvgIpc) is 3.15. The van der Waals surface area contributed by atoms with E-state index in [1.807, 2.05) is 51.1 Å². The molecule has 0 atom stereocenters. The van der Waals surface area contributed by atoms with Gasteiger partial charge < -0.3 is 16.0 Å². The van der Waals surface area contributed by atoms with Crippen molar-refractivity contribution < 1.29 is 4.79 Å². The smallest absolute Gasteiger partial charge is 0.323 e. The van der Waals surface area contributed by atoms with Crippen molar-refractivity contribution in [1.82, 2.24) is 30.1 Å². The molecule has 162 valence electrons. The van der Waals surface area contributed by atoms with E-state index >= 15 is 0 Å². The number of nitrogens with zero attached hydrogens (tertiary/aromatic N) is 5. The molecule has 0 unspecified atom stereocenters. The number of carbonyl (C=O) groups is 1. The molecule has 1 aromatic carbocycles. The zero-order valence-corrected chi connectivity index (χ0v) is 18.5. The summed E-state index contributed by atoms with van der Waals surface area (Å²) < 4.78 is 0. The first-order chi connectivity index (χ1) is 15.4. The molecule has 2 amide bonds. The van der Waals surface area contributed by atoms with Crippen LogP contribution in [0, 0.1) is 20.8 Å². The first-order valence-electron chi connectivity index (χ1n) is 9.71. The Morgan fingerprint density at radius 2 is 1.72 bits per heavy atom. The van der Waals surface area contributed by atoms with Crippen LogP contribution in [0.2, 0.25) is 0 Å². The van der Waals surface area contributed by atoms with E-state index in [2.05, 4.69) is 46.1 Å². The van der Waals surface area contributed by atoms with Gasteiger partial charge in [0, 0.05) is 28.4 Å². The van der Waals surface area contributed by atoms with Crippen LogP contribution in [0.25, 0.3) is 0 Å². The lowest BCUT2D eigenvalue weighted by atomic mass is 10.2. The van der Waals surface area contributed by atoms with Crippen molar-refractivity contribution >= 4 is 40.8 Å². The number of nitrogens with one attached hydrogen (secondary N) is 4. The SMILES string of the molecule is Cc1cc(Nc2cc(C)nc(Sc3ccc(NC(=O)Nc4cncnc4)cc3C)n2)[nH]n1. The summed E-state index contributed by atoms with van der Waals surface area (Å²) in [6, 6.07) is 9.06. The normalized spacial score (nSPS) is 10.6. The first kappa shape index (κ1) is 21.2. The molecule has 3 aromatic heterocycles. The lowest BCUT2D eigenvalue weighted by Crippen LogP contribution is -2.19. The predicted molar refractivity (Wildman–Crippen MR) is 123 cm³/mol. The van der Waals surface area contributed by atoms with Crippen molar-refractivity contribution in [3.63, 3.8) is 0 Å². The van der Waals surface area contributed by atoms with Gasteiger partial charge in [0.1, 0.15) is 18.0 Å². The summed E-state index contributed by atoms with van der Waals surface area (Å²) in [5, 5.41) is 16.3. The largest absolute Gasteiger partial charge is 0.325 e. The summed E-state index contributed by atoms with van der Waals surface area (Å²) in [5.41, 5.74) is 3.91. The fourth-order valence-electron chi connectivity index (χ4n) is 2.87. The third-order valence-corrected chi connectivity index (χ3v) is 5.30. The standard InChI is InChI=1S/C21H21N9OS/c1-12-6-15(25-20(31)26-16-9-22-11-23-10-16)4-5-17(12)32-21-24-13(2)7-18(28-21)27-19-8-14(3)29-30-19/h4-11H,1-3H3,(H2,25,26,31)(H2,24,27,28,29,30). The van der Waals surface area contributed by atoms with Gasteiger partial charge >= 0.3 is 6.03 Å². The molecule has 0 aliphatic heterocycles. The van der Waals surface area contributed by atoms with Gasteiger partial charge in [-0.15, -0.1) is 0 Å². The van der Waals surface area contributed by atoms with E-state index < -0.39 is 0 Å². The number of aromatic nitrogens is 6. The van der Waals surface area contributed by atoms with Crippen LogP contribution in [0.3, 0.4) is 0 Å². The molecular formula is C21H21N9OS. The highest BCUT2D eigenvalue weighted by atomic mass is 32.2. The quantitative estimate of drug-likeness (QED) is 0.319. The average molecular weight is 448 g/mol. The van der Waals surface area contributed by atoms with Gasteiger partial charge in [-0.25, -0.2) is 24.7 Å². The zero-order chi connectivity index (χ0) is 22.5. The van der Waals surface area contributed by atoms with Crippen molar-refractivity contribution in [1.29, 1.82) is 0 Å². The number of anilines is 4. The van der Waals surface area contributed by atoms with Gasteiger partial charge in [-0.05, 0) is 56.3 Å². The monoisotopic (exact) mass is 447 g/mol. The molecule has 0 saturated carbocycles. The van der Waals surface area contributed by atoms with E-state index in [9.17, 15) is 4.79 Å². The first-order valence-corrected chi connectivity index (χ1v) is 10.5. The molecule has 0 fully saturated rings. The molecule has 10 nitrogen and oxygen atoms in total. The highest BCUT2D eigenvalue weighted by molar-refractivity contribution is 7.99. The van der Waals surface area contributed by atoms with Gasteiger partial charge in [0.05, 0.1) is 23.8 Å². The van der Waals surface area contributed by atoms with E-state index in [1.54, 1.807) is 0 Å². The number of hydrogen-bond donors (Lipinski definition) is 4. The molecule has 3 heterocycles. The summed E-state index contributed by atoms with van der Waals surface area (Å²) >= 11 is 1.46. The van der Waals surface area contributed by atoms with Crippen LogP contribution in [0.4, 0.5) is 27.8 Å². The van der Waals surface area contributed by atoms with Gasteiger partial charge in [0.2, 0.25) is 0 Å². The number of hydrogen-bond acceptors (Lipinski definition) is 8. The summed E-state index contributed by atoms with van der Waals surface area (Å²) in [6.45, 7) is 5.80. The van der Waals surface area contributed by atoms with E-state index in [0.29, 0.717) is 22.3 Å². The van der Waals surface area contributed by atoms with Crippen molar-refractivity contribution in [2.75, 3.05) is 16.0 Å². The Morgan fingerprint density at radius 3 is 2.44 bits per heavy atom. The minimum atomic E-state index is -0.369. The van der Waals surface area contributed by atoms with E-state index in [4.69, 9.17) is 0 Å². The van der Waals surface area contributed by atoms with E-state index in [0.717, 1.165) is 27.7 Å². The molecule has 4 rings (SSSR count). The number of H-pyrrole nitrogens is 1. The molecule has 0 aliphatic rings. The number of aromatic amines is 1. The van der Waals surface area contributed by atoms with Crippen LogP contribution in [-0.2, 0) is 0 Å². The van der Waals surface area contributed by atoms with Crippen LogP contribution in [0.5, 0.6) is 0 Å². The van der Waals surface area contributed by atoms with Crippen LogP contribution in [0.15, 0.2) is 59.1 Å². The van der Waals surface area contributed by atoms with Crippen LogP contribution in [0.1, 0.15) is 17.0 Å². The number of amides is 2. The Labute approximate surface area is 188 Å². The molecule has 4 aromatic rings. The van der Waals surface area contributed by atoms with Gasteiger partial charge in [0.15, 0.2) is 5.16 Å². The zero-order valence-electron chi connectivity index (χ0n) is 17.7.